The molecule has 1 aliphatic heterocycles. The normalized spacial score (nSPS) is 15.1. The predicted octanol–water partition coefficient (Wildman–Crippen LogP) is 2.56. The number of halogens is 1. The Morgan fingerprint density at radius 1 is 1.19 bits per heavy atom. The van der Waals surface area contributed by atoms with Crippen LogP contribution >= 0.6 is 11.6 Å². The van der Waals surface area contributed by atoms with Gasteiger partial charge in [0.05, 0.1) is 17.6 Å². The summed E-state index contributed by atoms with van der Waals surface area (Å²) in [5.74, 6) is -1.27. The average Bonchev–Trinajstić information content (AvgIpc) is 3.26. The van der Waals surface area contributed by atoms with Crippen LogP contribution in [-0.2, 0) is 9.53 Å². The van der Waals surface area contributed by atoms with Gasteiger partial charge >= 0.3 is 5.97 Å². The number of nitro benzene ring substituents is 1. The molecule has 2 aromatic carbocycles. The van der Waals surface area contributed by atoms with Gasteiger partial charge in [-0.1, -0.05) is 34.9 Å². The van der Waals surface area contributed by atoms with Crippen molar-refractivity contribution in [3.8, 4) is 0 Å². The van der Waals surface area contributed by atoms with E-state index >= 15 is 0 Å². The van der Waals surface area contributed by atoms with Gasteiger partial charge in [-0.2, -0.15) is 4.68 Å². The molecule has 0 saturated carbocycles. The topological polar surface area (TPSA) is 142 Å². The molecular weight excluding hydrogens is 428 g/mol. The number of anilines is 1. The molecule has 0 bridgehead atoms. The summed E-state index contributed by atoms with van der Waals surface area (Å²) in [6, 6.07) is 10.8. The fraction of sp³-hybridized carbons (Fsp3) is 0.105. The number of nitrogens with one attached hydrogen (secondary N) is 1. The molecule has 0 spiro atoms. The minimum Gasteiger partial charge on any atom is -0.464 e. The largest absolute Gasteiger partial charge is 0.464 e. The third-order valence-corrected chi connectivity index (χ3v) is 5.04. The fourth-order valence-electron chi connectivity index (χ4n) is 3.26. The van der Waals surface area contributed by atoms with Gasteiger partial charge in [0, 0.05) is 28.3 Å². The Hall–Kier alpha value is -4.12. The fourth-order valence-corrected chi connectivity index (χ4v) is 3.50. The number of methoxy groups -OCH3 is 1. The molecule has 11 nitrogen and oxygen atoms in total. The second kappa shape index (κ2) is 7.95. The van der Waals surface area contributed by atoms with Crippen LogP contribution in [0.1, 0.15) is 22.0 Å². The first-order valence-corrected chi connectivity index (χ1v) is 9.21. The number of fused-ring (bicyclic) bond motifs is 1. The minimum atomic E-state index is -0.947. The van der Waals surface area contributed by atoms with Gasteiger partial charge in [-0.15, -0.1) is 0 Å². The van der Waals surface area contributed by atoms with Gasteiger partial charge < -0.3 is 10.1 Å². The summed E-state index contributed by atoms with van der Waals surface area (Å²) < 4.78 is 6.18. The first-order chi connectivity index (χ1) is 14.9. The second-order valence-corrected chi connectivity index (χ2v) is 6.82. The van der Waals surface area contributed by atoms with E-state index in [1.54, 1.807) is 24.3 Å². The van der Waals surface area contributed by atoms with Crippen LogP contribution in [0.5, 0.6) is 0 Å². The number of benzene rings is 2. The molecule has 1 aliphatic rings. The summed E-state index contributed by atoms with van der Waals surface area (Å²) in [6.07, 6.45) is 0. The van der Waals surface area contributed by atoms with E-state index in [0.29, 0.717) is 10.6 Å². The number of hydrogen-bond acceptors (Lipinski definition) is 9. The van der Waals surface area contributed by atoms with Crippen LogP contribution in [0.2, 0.25) is 5.02 Å². The molecule has 4 rings (SSSR count). The Bertz CT molecular complexity index is 1240. The number of carbonyl (C=O) groups is 2. The average molecular weight is 441 g/mol. The molecule has 3 aromatic rings. The van der Waals surface area contributed by atoms with Crippen LogP contribution in [0, 0.1) is 10.1 Å². The van der Waals surface area contributed by atoms with E-state index in [1.807, 2.05) is 0 Å². The summed E-state index contributed by atoms with van der Waals surface area (Å²) >= 11 is 6.40. The van der Waals surface area contributed by atoms with Crippen LogP contribution in [-0.4, -0.2) is 44.0 Å². The Kier molecular flexibility index (Phi) is 5.17. The summed E-state index contributed by atoms with van der Waals surface area (Å²) in [4.78, 5) is 36.5. The van der Waals surface area contributed by atoms with Crippen LogP contribution in [0.15, 0.2) is 59.8 Å². The Balaban J connectivity index is 1.93. The lowest BCUT2D eigenvalue weighted by atomic mass is 9.89. The number of ketones is 1. The Labute approximate surface area is 179 Å². The zero-order valence-electron chi connectivity index (χ0n) is 15.9. The zero-order valence-corrected chi connectivity index (χ0v) is 16.6. The van der Waals surface area contributed by atoms with Gasteiger partial charge in [0.15, 0.2) is 5.78 Å². The monoisotopic (exact) mass is 440 g/mol. The summed E-state index contributed by atoms with van der Waals surface area (Å²) in [5, 5.41) is 25.4. The number of nitrogens with zero attached hydrogens (tertiary/aromatic N) is 5. The second-order valence-electron chi connectivity index (χ2n) is 6.41. The number of rotatable bonds is 5. The molecule has 0 fully saturated rings. The Morgan fingerprint density at radius 2 is 1.90 bits per heavy atom. The summed E-state index contributed by atoms with van der Waals surface area (Å²) in [5.41, 5.74) is 0.251. The molecule has 12 heteroatoms. The van der Waals surface area contributed by atoms with E-state index in [9.17, 15) is 19.7 Å². The lowest BCUT2D eigenvalue weighted by Crippen LogP contribution is -2.33. The first kappa shape index (κ1) is 20.2. The number of ether oxygens (including phenoxy) is 1. The highest BCUT2D eigenvalue weighted by atomic mass is 35.5. The number of allylic oxidation sites excluding steroid dienone is 1. The van der Waals surface area contributed by atoms with Crippen LogP contribution < -0.4 is 5.32 Å². The molecule has 1 atom stereocenters. The van der Waals surface area contributed by atoms with Gasteiger partial charge in [0.1, 0.15) is 11.7 Å². The van der Waals surface area contributed by atoms with E-state index < -0.39 is 22.7 Å². The van der Waals surface area contributed by atoms with Crippen LogP contribution in [0.4, 0.5) is 11.6 Å². The van der Waals surface area contributed by atoms with Crippen molar-refractivity contribution in [3.63, 3.8) is 0 Å². The van der Waals surface area contributed by atoms with Crippen LogP contribution in [0.25, 0.3) is 0 Å². The van der Waals surface area contributed by atoms with E-state index in [-0.39, 0.29) is 28.5 Å². The predicted molar refractivity (Wildman–Crippen MR) is 107 cm³/mol. The lowest BCUT2D eigenvalue weighted by molar-refractivity contribution is -0.384. The van der Waals surface area contributed by atoms with E-state index in [2.05, 4.69) is 20.8 Å². The van der Waals surface area contributed by atoms with Gasteiger partial charge in [-0.3, -0.25) is 14.9 Å². The van der Waals surface area contributed by atoms with Crippen molar-refractivity contribution >= 4 is 35.0 Å². The van der Waals surface area contributed by atoms with Crippen molar-refractivity contribution in [2.45, 2.75) is 6.04 Å². The van der Waals surface area contributed by atoms with Gasteiger partial charge in [0.2, 0.25) is 5.95 Å². The van der Waals surface area contributed by atoms with Crippen molar-refractivity contribution < 1.29 is 19.2 Å². The van der Waals surface area contributed by atoms with Gasteiger partial charge in [0.25, 0.3) is 5.69 Å². The van der Waals surface area contributed by atoms with Crippen LogP contribution in [0.3, 0.4) is 0 Å². The molecule has 0 aliphatic carbocycles. The Morgan fingerprint density at radius 3 is 2.55 bits per heavy atom. The molecule has 0 saturated heterocycles. The molecule has 2 heterocycles. The molecular formula is C19H13ClN6O5. The maximum atomic E-state index is 13.5. The third-order valence-electron chi connectivity index (χ3n) is 4.69. The number of hydrogen-bond donors (Lipinski definition) is 1. The molecule has 1 N–H and O–H groups in total. The number of carbonyl (C=O) groups excluding carboxylic acids is 2. The van der Waals surface area contributed by atoms with E-state index in [0.717, 1.165) is 0 Å². The summed E-state index contributed by atoms with van der Waals surface area (Å²) in [6.45, 7) is 0. The van der Waals surface area contributed by atoms with Gasteiger partial charge in [-0.05, 0) is 28.6 Å². The number of nitro groups is 1. The highest BCUT2D eigenvalue weighted by molar-refractivity contribution is 6.31. The van der Waals surface area contributed by atoms with E-state index in [1.165, 1.54) is 36.1 Å². The number of tetrazole rings is 1. The number of aromatic nitrogens is 4. The molecule has 0 unspecified atom stereocenters. The highest BCUT2D eigenvalue weighted by Gasteiger charge is 2.39. The standard InChI is InChI=1S/C19H13ClN6O5/c1-31-18(28)15-14(17(27)10-6-8-11(9-7-10)26(29)30)16(12-4-2-3-5-13(12)20)25-19(21-15)22-23-24-25/h2-9,16H,1H3,(H,21,22,24)/t16-/m1/s1. The maximum Gasteiger partial charge on any atom is 0.355 e. The molecule has 0 amide bonds. The lowest BCUT2D eigenvalue weighted by Gasteiger charge is -2.28. The zero-order chi connectivity index (χ0) is 22.1. The van der Waals surface area contributed by atoms with Crippen molar-refractivity contribution in [2.24, 2.45) is 0 Å². The number of Topliss-reactive ketones (excluding diaryl/α,β-unsaturated/α-hetero) is 1. The van der Waals surface area contributed by atoms with Crippen molar-refractivity contribution in [1.82, 2.24) is 20.2 Å². The van der Waals surface area contributed by atoms with E-state index in [4.69, 9.17) is 16.3 Å². The number of esters is 1. The quantitative estimate of drug-likeness (QED) is 0.274. The highest BCUT2D eigenvalue weighted by Crippen LogP contribution is 2.39. The van der Waals surface area contributed by atoms with Gasteiger partial charge in [-0.25, -0.2) is 4.79 Å². The van der Waals surface area contributed by atoms with Crippen molar-refractivity contribution in [2.75, 3.05) is 12.4 Å². The van der Waals surface area contributed by atoms with Crippen molar-refractivity contribution in [3.05, 3.63) is 86.1 Å². The minimum absolute atomic E-state index is 0.0198. The smallest absolute Gasteiger partial charge is 0.355 e. The SMILES string of the molecule is COC(=O)C1=C(C(=O)c2ccc([N+](=O)[O-])cc2)[C@@H](c2ccccc2Cl)n2nnnc2N1. The summed E-state index contributed by atoms with van der Waals surface area (Å²) in [7, 11) is 1.17. The molecule has 31 heavy (non-hydrogen) atoms. The number of non-ortho nitro benzene ring substituents is 1. The third kappa shape index (κ3) is 3.51. The molecule has 156 valence electrons. The molecule has 1 aromatic heterocycles. The van der Waals surface area contributed by atoms with Crippen molar-refractivity contribution in [1.29, 1.82) is 0 Å². The first-order valence-electron chi connectivity index (χ1n) is 8.83. The molecule has 0 radical (unpaired) electrons. The maximum absolute atomic E-state index is 13.5.